The van der Waals surface area contributed by atoms with Crippen LogP contribution in [-0.4, -0.2) is 25.8 Å². The molecule has 2 nitrogen and oxygen atoms in total. The van der Waals surface area contributed by atoms with Crippen molar-refractivity contribution in [2.75, 3.05) is 19.7 Å². The molecule has 0 aromatic heterocycles. The van der Waals surface area contributed by atoms with E-state index in [9.17, 15) is 0 Å². The van der Waals surface area contributed by atoms with Crippen LogP contribution in [0.5, 0.6) is 0 Å². The van der Waals surface area contributed by atoms with Crippen molar-refractivity contribution in [1.29, 1.82) is 0 Å². The Balaban J connectivity index is 2.07. The first-order chi connectivity index (χ1) is 4.79. The van der Waals surface area contributed by atoms with Crippen molar-refractivity contribution in [2.24, 2.45) is 0 Å². The molecular weight excluding hydrogens is 126 g/mol. The average Bonchev–Trinajstić information content (AvgIpc) is 2.34. The van der Waals surface area contributed by atoms with Gasteiger partial charge in [-0.1, -0.05) is 12.2 Å². The van der Waals surface area contributed by atoms with Crippen LogP contribution in [0.15, 0.2) is 12.2 Å². The largest absolute Gasteiger partial charge is 0.373 e. The molecule has 1 heterocycles. The van der Waals surface area contributed by atoms with E-state index >= 15 is 0 Å². The lowest BCUT2D eigenvalue weighted by atomic mass is 10.3. The minimum absolute atomic E-state index is 0.427. The fraction of sp³-hybridized carbons (Fsp3) is 0.750. The van der Waals surface area contributed by atoms with Gasteiger partial charge in [-0.3, -0.25) is 0 Å². The smallest absolute Gasteiger partial charge is 0.0715 e. The number of hydrogen-bond acceptors (Lipinski definition) is 2. The summed E-state index contributed by atoms with van der Waals surface area (Å²) in [5, 5.41) is 3.24. The molecule has 10 heavy (non-hydrogen) atoms. The summed E-state index contributed by atoms with van der Waals surface area (Å²) >= 11 is 0. The highest BCUT2D eigenvalue weighted by atomic mass is 16.5. The standard InChI is InChI=1S/C8H15NO/c1-7(2)6-10-8-3-4-9-5-8/h8-9H,1,3-6H2,2H3/t8-/m0/s1. The molecule has 1 rings (SSSR count). The van der Waals surface area contributed by atoms with Gasteiger partial charge in [-0.25, -0.2) is 0 Å². The van der Waals surface area contributed by atoms with E-state index in [2.05, 4.69) is 11.9 Å². The molecule has 0 bridgehead atoms. The van der Waals surface area contributed by atoms with Crippen molar-refractivity contribution in [3.63, 3.8) is 0 Å². The normalized spacial score (nSPS) is 25.1. The van der Waals surface area contributed by atoms with Gasteiger partial charge in [0.15, 0.2) is 0 Å². The van der Waals surface area contributed by atoms with Gasteiger partial charge in [0.2, 0.25) is 0 Å². The molecule has 1 aliphatic rings. The predicted octanol–water partition coefficient (Wildman–Crippen LogP) is 0.941. The van der Waals surface area contributed by atoms with E-state index in [0.29, 0.717) is 12.7 Å². The Kier molecular flexibility index (Phi) is 2.90. The van der Waals surface area contributed by atoms with E-state index in [0.717, 1.165) is 25.1 Å². The van der Waals surface area contributed by atoms with Crippen LogP contribution >= 0.6 is 0 Å². The Morgan fingerprint density at radius 2 is 2.60 bits per heavy atom. The van der Waals surface area contributed by atoms with Crippen LogP contribution in [0.1, 0.15) is 13.3 Å². The molecule has 0 radical (unpaired) electrons. The lowest BCUT2D eigenvalue weighted by Gasteiger charge is -2.09. The van der Waals surface area contributed by atoms with Gasteiger partial charge in [0.25, 0.3) is 0 Å². The summed E-state index contributed by atoms with van der Waals surface area (Å²) in [6.07, 6.45) is 1.57. The highest BCUT2D eigenvalue weighted by molar-refractivity contribution is 4.88. The minimum atomic E-state index is 0.427. The van der Waals surface area contributed by atoms with Crippen LogP contribution in [0.25, 0.3) is 0 Å². The summed E-state index contributed by atoms with van der Waals surface area (Å²) in [7, 11) is 0. The Hall–Kier alpha value is -0.340. The predicted molar refractivity (Wildman–Crippen MR) is 42.0 cm³/mol. The zero-order valence-corrected chi connectivity index (χ0v) is 6.52. The molecule has 0 aromatic carbocycles. The first-order valence-electron chi connectivity index (χ1n) is 3.76. The Morgan fingerprint density at radius 3 is 3.10 bits per heavy atom. The van der Waals surface area contributed by atoms with E-state index in [1.54, 1.807) is 0 Å². The number of rotatable bonds is 3. The molecule has 0 saturated carbocycles. The molecule has 1 aliphatic heterocycles. The second-order valence-corrected chi connectivity index (χ2v) is 2.88. The monoisotopic (exact) mass is 141 g/mol. The van der Waals surface area contributed by atoms with E-state index in [1.165, 1.54) is 0 Å². The van der Waals surface area contributed by atoms with E-state index < -0.39 is 0 Å². The molecule has 0 amide bonds. The zero-order chi connectivity index (χ0) is 7.40. The molecule has 0 spiro atoms. The maximum Gasteiger partial charge on any atom is 0.0715 e. The fourth-order valence-electron chi connectivity index (χ4n) is 1.03. The maximum atomic E-state index is 5.50. The molecule has 0 aromatic rings. The first-order valence-corrected chi connectivity index (χ1v) is 3.76. The topological polar surface area (TPSA) is 21.3 Å². The summed E-state index contributed by atoms with van der Waals surface area (Å²) in [5.74, 6) is 0. The summed E-state index contributed by atoms with van der Waals surface area (Å²) in [5.41, 5.74) is 1.10. The van der Waals surface area contributed by atoms with Crippen molar-refractivity contribution in [3.05, 3.63) is 12.2 Å². The van der Waals surface area contributed by atoms with E-state index in [4.69, 9.17) is 4.74 Å². The number of ether oxygens (including phenoxy) is 1. The van der Waals surface area contributed by atoms with Crippen molar-refractivity contribution in [1.82, 2.24) is 5.32 Å². The third-order valence-electron chi connectivity index (χ3n) is 1.58. The lowest BCUT2D eigenvalue weighted by molar-refractivity contribution is 0.0848. The second kappa shape index (κ2) is 3.74. The molecule has 0 aliphatic carbocycles. The third-order valence-corrected chi connectivity index (χ3v) is 1.58. The van der Waals surface area contributed by atoms with Crippen LogP contribution in [0, 0.1) is 0 Å². The second-order valence-electron chi connectivity index (χ2n) is 2.88. The number of nitrogens with one attached hydrogen (secondary N) is 1. The molecule has 2 heteroatoms. The minimum Gasteiger partial charge on any atom is -0.373 e. The molecule has 1 N–H and O–H groups in total. The summed E-state index contributed by atoms with van der Waals surface area (Å²) in [6, 6.07) is 0. The highest BCUT2D eigenvalue weighted by Gasteiger charge is 2.13. The molecular formula is C8H15NO. The zero-order valence-electron chi connectivity index (χ0n) is 6.52. The van der Waals surface area contributed by atoms with Gasteiger partial charge in [-0.15, -0.1) is 0 Å². The van der Waals surface area contributed by atoms with Crippen molar-refractivity contribution in [2.45, 2.75) is 19.4 Å². The molecule has 58 valence electrons. The van der Waals surface area contributed by atoms with Crippen LogP contribution in [-0.2, 0) is 4.74 Å². The van der Waals surface area contributed by atoms with Crippen LogP contribution in [0.3, 0.4) is 0 Å². The van der Waals surface area contributed by atoms with Gasteiger partial charge in [0, 0.05) is 6.54 Å². The van der Waals surface area contributed by atoms with Crippen LogP contribution < -0.4 is 5.32 Å². The van der Waals surface area contributed by atoms with Crippen molar-refractivity contribution < 1.29 is 4.74 Å². The molecule has 1 saturated heterocycles. The van der Waals surface area contributed by atoms with Gasteiger partial charge in [-0.2, -0.15) is 0 Å². The van der Waals surface area contributed by atoms with Gasteiger partial charge in [-0.05, 0) is 19.9 Å². The average molecular weight is 141 g/mol. The lowest BCUT2D eigenvalue weighted by Crippen LogP contribution is -2.17. The van der Waals surface area contributed by atoms with Gasteiger partial charge < -0.3 is 10.1 Å². The summed E-state index contributed by atoms with van der Waals surface area (Å²) < 4.78 is 5.50. The third kappa shape index (κ3) is 2.50. The first kappa shape index (κ1) is 7.76. The Bertz CT molecular complexity index is 116. The van der Waals surface area contributed by atoms with Crippen molar-refractivity contribution in [3.8, 4) is 0 Å². The number of hydrogen-bond donors (Lipinski definition) is 1. The van der Waals surface area contributed by atoms with E-state index in [-0.39, 0.29) is 0 Å². The van der Waals surface area contributed by atoms with E-state index in [1.807, 2.05) is 6.92 Å². The maximum absolute atomic E-state index is 5.50. The molecule has 1 fully saturated rings. The van der Waals surface area contributed by atoms with Crippen LogP contribution in [0.2, 0.25) is 0 Å². The Morgan fingerprint density at radius 1 is 1.80 bits per heavy atom. The summed E-state index contributed by atoms with van der Waals surface area (Å²) in [4.78, 5) is 0. The highest BCUT2D eigenvalue weighted by Crippen LogP contribution is 2.03. The Labute approximate surface area is 62.3 Å². The van der Waals surface area contributed by atoms with Crippen LogP contribution in [0.4, 0.5) is 0 Å². The SMILES string of the molecule is C=C(C)CO[C@H]1CCNC1. The van der Waals surface area contributed by atoms with Gasteiger partial charge in [0.1, 0.15) is 0 Å². The quantitative estimate of drug-likeness (QED) is 0.591. The fourth-order valence-corrected chi connectivity index (χ4v) is 1.03. The van der Waals surface area contributed by atoms with Crippen molar-refractivity contribution >= 4 is 0 Å². The van der Waals surface area contributed by atoms with Gasteiger partial charge >= 0.3 is 0 Å². The van der Waals surface area contributed by atoms with Gasteiger partial charge in [0.05, 0.1) is 12.7 Å². The molecule has 1 atom stereocenters. The molecule has 0 unspecified atom stereocenters. The summed E-state index contributed by atoms with van der Waals surface area (Å²) in [6.45, 7) is 8.58.